The molecule has 1 heterocycles. The molecule has 1 saturated heterocycles. The van der Waals surface area contributed by atoms with Crippen molar-refractivity contribution in [1.29, 1.82) is 0 Å². The van der Waals surface area contributed by atoms with Gasteiger partial charge in [0, 0.05) is 16.7 Å². The Morgan fingerprint density at radius 1 is 1.42 bits per heavy atom. The average molecular weight is 373 g/mol. The number of halogens is 1. The molecule has 0 aromatic heterocycles. The molecule has 0 radical (unpaired) electrons. The molecular formula is C14H16INO3. The van der Waals surface area contributed by atoms with Crippen molar-refractivity contribution in [2.75, 3.05) is 13.1 Å². The summed E-state index contributed by atoms with van der Waals surface area (Å²) in [6.07, 6.45) is 1.79. The van der Waals surface area contributed by atoms with Gasteiger partial charge in [-0.3, -0.25) is 9.59 Å². The van der Waals surface area contributed by atoms with E-state index in [1.807, 2.05) is 24.3 Å². The molecule has 0 aliphatic carbocycles. The van der Waals surface area contributed by atoms with Gasteiger partial charge < -0.3 is 10.0 Å². The number of benzene rings is 1. The zero-order chi connectivity index (χ0) is 13.8. The van der Waals surface area contributed by atoms with Crippen LogP contribution < -0.4 is 0 Å². The number of nitrogens with zero attached hydrogens (tertiary/aromatic N) is 1. The lowest BCUT2D eigenvalue weighted by atomic mass is 9.97. The Morgan fingerprint density at radius 2 is 2.21 bits per heavy atom. The summed E-state index contributed by atoms with van der Waals surface area (Å²) in [6.45, 7) is 1.02. The summed E-state index contributed by atoms with van der Waals surface area (Å²) >= 11 is 2.22. The summed E-state index contributed by atoms with van der Waals surface area (Å²) in [5.41, 5.74) is 0.981. The number of piperidine rings is 1. The molecular weight excluding hydrogens is 357 g/mol. The maximum absolute atomic E-state index is 12.2. The van der Waals surface area contributed by atoms with Crippen molar-refractivity contribution in [3.63, 3.8) is 0 Å². The Hall–Kier alpha value is -1.11. The van der Waals surface area contributed by atoms with E-state index in [4.69, 9.17) is 5.11 Å². The summed E-state index contributed by atoms with van der Waals surface area (Å²) in [5, 5.41) is 9.02. The smallest absolute Gasteiger partial charge is 0.308 e. The number of amides is 1. The Morgan fingerprint density at radius 3 is 2.89 bits per heavy atom. The standard InChI is InChI=1S/C14H16INO3/c15-12-5-1-3-10(7-12)8-13(17)16-6-2-4-11(9-16)14(18)19/h1,3,5,7,11H,2,4,6,8-9H2,(H,18,19). The number of hydrogen-bond acceptors (Lipinski definition) is 2. The summed E-state index contributed by atoms with van der Waals surface area (Å²) in [5.74, 6) is -1.19. The van der Waals surface area contributed by atoms with Gasteiger partial charge in [-0.2, -0.15) is 0 Å². The molecule has 1 amide bonds. The lowest BCUT2D eigenvalue weighted by Crippen LogP contribution is -2.43. The number of carboxylic acids is 1. The minimum atomic E-state index is -0.799. The largest absolute Gasteiger partial charge is 0.481 e. The van der Waals surface area contributed by atoms with Crippen LogP contribution in [0.5, 0.6) is 0 Å². The molecule has 102 valence electrons. The SMILES string of the molecule is O=C(O)C1CCCN(C(=O)Cc2cccc(I)c2)C1. The van der Waals surface area contributed by atoms with Crippen LogP contribution in [0.25, 0.3) is 0 Å². The summed E-state index contributed by atoms with van der Waals surface area (Å²) in [4.78, 5) is 24.8. The molecule has 1 aromatic carbocycles. The molecule has 1 fully saturated rings. The van der Waals surface area contributed by atoms with Crippen molar-refractivity contribution in [1.82, 2.24) is 4.90 Å². The fourth-order valence-electron chi connectivity index (χ4n) is 2.34. The van der Waals surface area contributed by atoms with Crippen LogP contribution in [0.2, 0.25) is 0 Å². The molecule has 19 heavy (non-hydrogen) atoms. The zero-order valence-electron chi connectivity index (χ0n) is 10.5. The minimum Gasteiger partial charge on any atom is -0.481 e. The number of likely N-dealkylation sites (tertiary alicyclic amines) is 1. The Labute approximate surface area is 125 Å². The van der Waals surface area contributed by atoms with Crippen LogP contribution >= 0.6 is 22.6 Å². The van der Waals surface area contributed by atoms with Crippen LogP contribution in [0.1, 0.15) is 18.4 Å². The maximum Gasteiger partial charge on any atom is 0.308 e. The van der Waals surface area contributed by atoms with Gasteiger partial charge in [-0.25, -0.2) is 0 Å². The number of rotatable bonds is 3. The van der Waals surface area contributed by atoms with Gasteiger partial charge in [0.2, 0.25) is 5.91 Å². The highest BCUT2D eigenvalue weighted by Crippen LogP contribution is 2.18. The summed E-state index contributed by atoms with van der Waals surface area (Å²) in [6, 6.07) is 7.83. The predicted molar refractivity (Wildman–Crippen MR) is 79.8 cm³/mol. The molecule has 2 rings (SSSR count). The fraction of sp³-hybridized carbons (Fsp3) is 0.429. The molecule has 4 nitrogen and oxygen atoms in total. The van der Waals surface area contributed by atoms with Crippen molar-refractivity contribution in [2.45, 2.75) is 19.3 Å². The highest BCUT2D eigenvalue weighted by molar-refractivity contribution is 14.1. The van der Waals surface area contributed by atoms with E-state index >= 15 is 0 Å². The quantitative estimate of drug-likeness (QED) is 0.827. The van der Waals surface area contributed by atoms with Gasteiger partial charge in [0.15, 0.2) is 0 Å². The molecule has 1 N–H and O–H groups in total. The Bertz CT molecular complexity index is 489. The molecule has 1 atom stereocenters. The fourth-order valence-corrected chi connectivity index (χ4v) is 2.95. The molecule has 1 aromatic rings. The van der Waals surface area contributed by atoms with Crippen LogP contribution in [0, 0.1) is 9.49 Å². The normalized spacial score (nSPS) is 19.2. The second kappa shape index (κ2) is 6.36. The van der Waals surface area contributed by atoms with Gasteiger partial charge in [-0.1, -0.05) is 12.1 Å². The van der Waals surface area contributed by atoms with Crippen LogP contribution in [0.4, 0.5) is 0 Å². The highest BCUT2D eigenvalue weighted by atomic mass is 127. The second-order valence-corrected chi connectivity index (χ2v) is 6.07. The molecule has 1 aliphatic heterocycles. The van der Waals surface area contributed by atoms with E-state index in [0.29, 0.717) is 25.9 Å². The number of carbonyl (C=O) groups is 2. The van der Waals surface area contributed by atoms with Gasteiger partial charge in [-0.15, -0.1) is 0 Å². The molecule has 0 bridgehead atoms. The number of aliphatic carboxylic acids is 1. The monoisotopic (exact) mass is 373 g/mol. The van der Waals surface area contributed by atoms with E-state index < -0.39 is 11.9 Å². The van der Waals surface area contributed by atoms with Gasteiger partial charge in [0.25, 0.3) is 0 Å². The van der Waals surface area contributed by atoms with Gasteiger partial charge in [0.1, 0.15) is 0 Å². The highest BCUT2D eigenvalue weighted by Gasteiger charge is 2.27. The first-order valence-electron chi connectivity index (χ1n) is 6.31. The van der Waals surface area contributed by atoms with Crippen molar-refractivity contribution in [3.05, 3.63) is 33.4 Å². The van der Waals surface area contributed by atoms with Gasteiger partial charge >= 0.3 is 5.97 Å². The number of carbonyl (C=O) groups excluding carboxylic acids is 1. The minimum absolute atomic E-state index is 0.0213. The summed E-state index contributed by atoms with van der Waals surface area (Å²) < 4.78 is 1.10. The van der Waals surface area contributed by atoms with E-state index in [1.54, 1.807) is 4.90 Å². The van der Waals surface area contributed by atoms with E-state index in [0.717, 1.165) is 15.6 Å². The van der Waals surface area contributed by atoms with Crippen molar-refractivity contribution < 1.29 is 14.7 Å². The van der Waals surface area contributed by atoms with E-state index in [1.165, 1.54) is 0 Å². The molecule has 1 unspecified atom stereocenters. The van der Waals surface area contributed by atoms with E-state index in [2.05, 4.69) is 22.6 Å². The third-order valence-electron chi connectivity index (χ3n) is 3.37. The molecule has 5 heteroatoms. The maximum atomic E-state index is 12.2. The number of carboxylic acid groups (broad SMARTS) is 1. The van der Waals surface area contributed by atoms with Gasteiger partial charge in [0.05, 0.1) is 12.3 Å². The van der Waals surface area contributed by atoms with Crippen LogP contribution in [-0.4, -0.2) is 35.0 Å². The van der Waals surface area contributed by atoms with Crippen LogP contribution in [-0.2, 0) is 16.0 Å². The predicted octanol–water partition coefficient (Wildman–Crippen LogP) is 2.16. The van der Waals surface area contributed by atoms with Crippen molar-refractivity contribution in [3.8, 4) is 0 Å². The summed E-state index contributed by atoms with van der Waals surface area (Å²) in [7, 11) is 0. The third kappa shape index (κ3) is 3.92. The van der Waals surface area contributed by atoms with Crippen molar-refractivity contribution in [2.24, 2.45) is 5.92 Å². The molecule has 0 spiro atoms. The van der Waals surface area contributed by atoms with Gasteiger partial charge in [-0.05, 0) is 53.1 Å². The first-order valence-corrected chi connectivity index (χ1v) is 7.39. The Balaban J connectivity index is 1.98. The number of hydrogen-bond donors (Lipinski definition) is 1. The lowest BCUT2D eigenvalue weighted by Gasteiger charge is -2.30. The van der Waals surface area contributed by atoms with Crippen LogP contribution in [0.15, 0.2) is 24.3 Å². The first kappa shape index (κ1) is 14.3. The third-order valence-corrected chi connectivity index (χ3v) is 4.04. The zero-order valence-corrected chi connectivity index (χ0v) is 12.7. The Kier molecular flexibility index (Phi) is 4.79. The second-order valence-electron chi connectivity index (χ2n) is 4.82. The average Bonchev–Trinajstić information content (AvgIpc) is 2.39. The van der Waals surface area contributed by atoms with Crippen molar-refractivity contribution >= 4 is 34.5 Å². The topological polar surface area (TPSA) is 57.6 Å². The molecule has 1 aliphatic rings. The van der Waals surface area contributed by atoms with E-state index in [9.17, 15) is 9.59 Å². The molecule has 0 saturated carbocycles. The lowest BCUT2D eigenvalue weighted by molar-refractivity contribution is -0.145. The van der Waals surface area contributed by atoms with Crippen LogP contribution in [0.3, 0.4) is 0 Å². The first-order chi connectivity index (χ1) is 9.06. The van der Waals surface area contributed by atoms with E-state index in [-0.39, 0.29) is 5.91 Å².